The summed E-state index contributed by atoms with van der Waals surface area (Å²) in [5.74, 6) is 2.23. The molecule has 2 heterocycles. The highest BCUT2D eigenvalue weighted by atomic mass is 32.2. The van der Waals surface area contributed by atoms with Crippen LogP contribution in [0.5, 0.6) is 0 Å². The third-order valence-electron chi connectivity index (χ3n) is 4.97. The van der Waals surface area contributed by atoms with Gasteiger partial charge in [0.05, 0.1) is 28.8 Å². The zero-order valence-electron chi connectivity index (χ0n) is 16.6. The summed E-state index contributed by atoms with van der Waals surface area (Å²) in [5, 5.41) is 7.01. The Balaban J connectivity index is 1.48. The van der Waals surface area contributed by atoms with E-state index in [4.69, 9.17) is 4.52 Å². The van der Waals surface area contributed by atoms with E-state index < -0.39 is 0 Å². The van der Waals surface area contributed by atoms with Crippen LogP contribution in [-0.2, 0) is 19.3 Å². The Morgan fingerprint density at radius 2 is 1.90 bits per heavy atom. The molecule has 0 saturated carbocycles. The third-order valence-corrected chi connectivity index (χ3v) is 6.07. The van der Waals surface area contributed by atoms with Gasteiger partial charge in [0.15, 0.2) is 0 Å². The van der Waals surface area contributed by atoms with Gasteiger partial charge in [0.2, 0.25) is 0 Å². The first-order valence-corrected chi connectivity index (χ1v) is 10.3. The Morgan fingerprint density at radius 1 is 1.14 bits per heavy atom. The first-order chi connectivity index (χ1) is 14.0. The monoisotopic (exact) mass is 406 g/mol. The number of rotatable bonds is 6. The average molecular weight is 407 g/mol. The Hall–Kier alpha value is -3.06. The maximum atomic E-state index is 12.9. The van der Waals surface area contributed by atoms with Crippen molar-refractivity contribution >= 4 is 28.7 Å². The van der Waals surface area contributed by atoms with Crippen LogP contribution in [0, 0.1) is 13.8 Å². The molecule has 0 bridgehead atoms. The van der Waals surface area contributed by atoms with E-state index in [1.54, 1.807) is 11.8 Å². The summed E-state index contributed by atoms with van der Waals surface area (Å²) in [6, 6.07) is 15.6. The van der Waals surface area contributed by atoms with Gasteiger partial charge >= 0.3 is 0 Å². The van der Waals surface area contributed by atoms with Gasteiger partial charge in [-0.2, -0.15) is 0 Å². The molecule has 29 heavy (non-hydrogen) atoms. The minimum Gasteiger partial charge on any atom is -0.361 e. The van der Waals surface area contributed by atoms with Gasteiger partial charge in [0.25, 0.3) is 5.91 Å². The molecule has 0 fully saturated rings. The van der Waals surface area contributed by atoms with Crippen molar-refractivity contribution in [1.29, 1.82) is 0 Å². The van der Waals surface area contributed by atoms with Gasteiger partial charge in [-0.3, -0.25) is 4.79 Å². The number of nitrogens with zero attached hydrogens (tertiary/aromatic N) is 3. The minimum absolute atomic E-state index is 0.112. The number of para-hydroxylation sites is 2. The van der Waals surface area contributed by atoms with Crippen molar-refractivity contribution in [2.75, 3.05) is 0 Å². The van der Waals surface area contributed by atoms with Crippen molar-refractivity contribution in [1.82, 2.24) is 20.0 Å². The first-order valence-electron chi connectivity index (χ1n) is 9.36. The lowest BCUT2D eigenvalue weighted by Gasteiger charge is -2.10. The number of benzene rings is 2. The Bertz CT molecular complexity index is 1160. The number of aryl methyl sites for hydroxylation is 3. The number of fused-ring (bicyclic) bond motifs is 1. The number of amides is 1. The van der Waals surface area contributed by atoms with Crippen LogP contribution in [-0.4, -0.2) is 20.6 Å². The van der Waals surface area contributed by atoms with E-state index in [0.717, 1.165) is 38.8 Å². The van der Waals surface area contributed by atoms with Gasteiger partial charge in [-0.1, -0.05) is 29.4 Å². The van der Waals surface area contributed by atoms with Gasteiger partial charge in [0, 0.05) is 23.3 Å². The average Bonchev–Trinajstić information content (AvgIpc) is 3.23. The van der Waals surface area contributed by atoms with Crippen molar-refractivity contribution in [3.8, 4) is 0 Å². The standard InChI is InChI=1S/C22H22N4O2S/c1-14-17(15(2)28-25-14)13-29-20-11-7-4-8-16(20)22(27)23-12-21-24-18-9-5-6-10-19(18)26(21)3/h4-11H,12-13H2,1-3H3,(H,23,27). The predicted octanol–water partition coefficient (Wildman–Crippen LogP) is 4.40. The summed E-state index contributed by atoms with van der Waals surface area (Å²) in [7, 11) is 1.96. The highest BCUT2D eigenvalue weighted by Gasteiger charge is 2.15. The maximum Gasteiger partial charge on any atom is 0.252 e. The summed E-state index contributed by atoms with van der Waals surface area (Å²) in [4.78, 5) is 18.4. The van der Waals surface area contributed by atoms with Gasteiger partial charge in [-0.25, -0.2) is 4.98 Å². The molecule has 0 aliphatic carbocycles. The van der Waals surface area contributed by atoms with Crippen LogP contribution in [0.3, 0.4) is 0 Å². The molecule has 4 rings (SSSR count). The molecular formula is C22H22N4O2S. The molecule has 0 saturated heterocycles. The van der Waals surface area contributed by atoms with Crippen LogP contribution >= 0.6 is 11.8 Å². The second-order valence-corrected chi connectivity index (χ2v) is 7.86. The number of hydrogen-bond donors (Lipinski definition) is 1. The zero-order valence-corrected chi connectivity index (χ0v) is 17.4. The Morgan fingerprint density at radius 3 is 2.66 bits per heavy atom. The van der Waals surface area contributed by atoms with Crippen LogP contribution in [0.4, 0.5) is 0 Å². The van der Waals surface area contributed by atoms with Gasteiger partial charge < -0.3 is 14.4 Å². The molecule has 0 unspecified atom stereocenters. The highest BCUT2D eigenvalue weighted by molar-refractivity contribution is 7.98. The number of thioether (sulfide) groups is 1. The van der Waals surface area contributed by atoms with Crippen LogP contribution in [0.1, 0.15) is 33.2 Å². The van der Waals surface area contributed by atoms with Gasteiger partial charge in [-0.15, -0.1) is 11.8 Å². The number of hydrogen-bond acceptors (Lipinski definition) is 5. The van der Waals surface area contributed by atoms with Crippen molar-refractivity contribution in [2.24, 2.45) is 7.05 Å². The van der Waals surface area contributed by atoms with E-state index in [0.29, 0.717) is 17.9 Å². The lowest BCUT2D eigenvalue weighted by atomic mass is 10.2. The topological polar surface area (TPSA) is 73.0 Å². The first kappa shape index (κ1) is 19.3. The molecule has 148 valence electrons. The highest BCUT2D eigenvalue weighted by Crippen LogP contribution is 2.28. The third kappa shape index (κ3) is 3.91. The van der Waals surface area contributed by atoms with E-state index in [1.807, 2.05) is 74.0 Å². The minimum atomic E-state index is -0.112. The molecule has 0 aliphatic heterocycles. The molecule has 1 N–H and O–H groups in total. The van der Waals surface area contributed by atoms with Gasteiger partial charge in [0.1, 0.15) is 11.6 Å². The maximum absolute atomic E-state index is 12.9. The molecular weight excluding hydrogens is 384 g/mol. The molecule has 2 aromatic heterocycles. The largest absolute Gasteiger partial charge is 0.361 e. The molecule has 0 aliphatic rings. The van der Waals surface area contributed by atoms with Crippen LogP contribution in [0.15, 0.2) is 57.9 Å². The lowest BCUT2D eigenvalue weighted by Crippen LogP contribution is -2.24. The Labute approximate surface area is 173 Å². The Kier molecular flexibility index (Phi) is 5.40. The number of nitrogens with one attached hydrogen (secondary N) is 1. The van der Waals surface area contributed by atoms with E-state index in [9.17, 15) is 4.79 Å². The molecule has 7 heteroatoms. The summed E-state index contributed by atoms with van der Waals surface area (Å²) >= 11 is 1.61. The second-order valence-electron chi connectivity index (χ2n) is 6.85. The van der Waals surface area contributed by atoms with Crippen LogP contribution in [0.25, 0.3) is 11.0 Å². The number of aromatic nitrogens is 3. The normalized spacial score (nSPS) is 11.1. The lowest BCUT2D eigenvalue weighted by molar-refractivity contribution is 0.0946. The van der Waals surface area contributed by atoms with E-state index >= 15 is 0 Å². The second kappa shape index (κ2) is 8.13. The molecule has 2 aromatic carbocycles. The summed E-state index contributed by atoms with van der Waals surface area (Å²) in [6.07, 6.45) is 0. The SMILES string of the molecule is Cc1noc(C)c1CSc1ccccc1C(=O)NCc1nc2ccccc2n1C. The fourth-order valence-electron chi connectivity index (χ4n) is 3.25. The number of carbonyl (C=O) groups is 1. The molecule has 0 atom stereocenters. The number of imidazole rings is 1. The summed E-state index contributed by atoms with van der Waals surface area (Å²) < 4.78 is 7.24. The van der Waals surface area contributed by atoms with Crippen molar-refractivity contribution in [2.45, 2.75) is 31.0 Å². The van der Waals surface area contributed by atoms with Crippen molar-refractivity contribution in [3.05, 3.63) is 76.9 Å². The predicted molar refractivity (Wildman–Crippen MR) is 114 cm³/mol. The zero-order chi connectivity index (χ0) is 20.4. The molecule has 4 aromatic rings. The van der Waals surface area contributed by atoms with Crippen molar-refractivity contribution < 1.29 is 9.32 Å². The number of carbonyl (C=O) groups excluding carboxylic acids is 1. The molecule has 6 nitrogen and oxygen atoms in total. The molecule has 1 amide bonds. The van der Waals surface area contributed by atoms with Crippen molar-refractivity contribution in [3.63, 3.8) is 0 Å². The van der Waals surface area contributed by atoms with E-state index in [2.05, 4.69) is 15.5 Å². The molecule has 0 spiro atoms. The van der Waals surface area contributed by atoms with Crippen LogP contribution < -0.4 is 5.32 Å². The smallest absolute Gasteiger partial charge is 0.252 e. The fraction of sp³-hybridized carbons (Fsp3) is 0.227. The van der Waals surface area contributed by atoms with Gasteiger partial charge in [-0.05, 0) is 38.1 Å². The van der Waals surface area contributed by atoms with Crippen LogP contribution in [0.2, 0.25) is 0 Å². The summed E-state index contributed by atoms with van der Waals surface area (Å²) in [6.45, 7) is 4.21. The van der Waals surface area contributed by atoms with E-state index in [1.165, 1.54) is 0 Å². The quantitative estimate of drug-likeness (QED) is 0.481. The fourth-order valence-corrected chi connectivity index (χ4v) is 4.45. The summed E-state index contributed by atoms with van der Waals surface area (Å²) in [5.41, 5.74) is 4.59. The molecule has 0 radical (unpaired) electrons. The van der Waals surface area contributed by atoms with E-state index in [-0.39, 0.29) is 5.91 Å².